The number of nitrogens with two attached hydrogens (primary N) is 1. The van der Waals surface area contributed by atoms with E-state index in [-0.39, 0.29) is 21.3 Å². The summed E-state index contributed by atoms with van der Waals surface area (Å²) < 4.78 is 13.9. The number of hydrogen-bond donors (Lipinski definition) is 2. The van der Waals surface area contributed by atoms with Crippen molar-refractivity contribution in [2.45, 2.75) is 0 Å². The summed E-state index contributed by atoms with van der Waals surface area (Å²) in [6.07, 6.45) is 0. The molecule has 7 heteroatoms. The molecule has 0 atom stereocenters. The number of thiocarbonyl (C=S) groups is 1. The van der Waals surface area contributed by atoms with Gasteiger partial charge in [-0.1, -0.05) is 35.4 Å². The number of carbonyl (C=O) groups excluding carboxylic acids is 1. The molecule has 3 nitrogen and oxygen atoms in total. The topological polar surface area (TPSA) is 55.1 Å². The van der Waals surface area contributed by atoms with Crippen LogP contribution in [0.2, 0.25) is 10.0 Å². The van der Waals surface area contributed by atoms with Gasteiger partial charge in [0, 0.05) is 10.6 Å². The minimum atomic E-state index is -0.646. The minimum absolute atomic E-state index is 0.00366. The molecular weight excluding hydrogens is 334 g/mol. The quantitative estimate of drug-likeness (QED) is 0.828. The van der Waals surface area contributed by atoms with Crippen LogP contribution in [0.3, 0.4) is 0 Å². The van der Waals surface area contributed by atoms with Gasteiger partial charge in [0.05, 0.1) is 16.3 Å². The molecule has 0 saturated carbocycles. The molecule has 3 N–H and O–H groups in total. The van der Waals surface area contributed by atoms with Gasteiger partial charge in [0.1, 0.15) is 10.8 Å². The molecule has 0 saturated heterocycles. The summed E-state index contributed by atoms with van der Waals surface area (Å²) in [5.74, 6) is -1.21. The van der Waals surface area contributed by atoms with Crippen molar-refractivity contribution in [3.8, 4) is 0 Å². The molecule has 0 fully saturated rings. The van der Waals surface area contributed by atoms with Crippen molar-refractivity contribution in [1.82, 2.24) is 0 Å². The average Bonchev–Trinajstić information content (AvgIpc) is 2.43. The molecule has 0 aliphatic carbocycles. The number of rotatable bonds is 3. The Bertz CT molecular complexity index is 737. The van der Waals surface area contributed by atoms with Gasteiger partial charge in [-0.3, -0.25) is 4.79 Å². The monoisotopic (exact) mass is 342 g/mol. The highest BCUT2D eigenvalue weighted by Crippen LogP contribution is 2.23. The third kappa shape index (κ3) is 3.69. The second kappa shape index (κ2) is 6.39. The van der Waals surface area contributed by atoms with E-state index in [4.69, 9.17) is 41.2 Å². The van der Waals surface area contributed by atoms with Gasteiger partial charge in [-0.15, -0.1) is 0 Å². The summed E-state index contributed by atoms with van der Waals surface area (Å²) in [6, 6.07) is 8.49. The van der Waals surface area contributed by atoms with E-state index in [0.717, 1.165) is 6.07 Å². The van der Waals surface area contributed by atoms with Crippen molar-refractivity contribution in [1.29, 1.82) is 0 Å². The maximum Gasteiger partial charge on any atom is 0.257 e. The number of nitrogens with one attached hydrogen (secondary N) is 1. The Balaban J connectivity index is 2.27. The Morgan fingerprint density at radius 3 is 2.52 bits per heavy atom. The van der Waals surface area contributed by atoms with Gasteiger partial charge in [-0.25, -0.2) is 4.39 Å². The molecule has 2 rings (SSSR count). The van der Waals surface area contributed by atoms with Gasteiger partial charge in [-0.2, -0.15) is 0 Å². The van der Waals surface area contributed by atoms with Crippen LogP contribution in [0, 0.1) is 5.82 Å². The summed E-state index contributed by atoms with van der Waals surface area (Å²) in [5, 5.41) is 2.99. The van der Waals surface area contributed by atoms with Crippen LogP contribution >= 0.6 is 35.4 Å². The van der Waals surface area contributed by atoms with E-state index >= 15 is 0 Å². The highest BCUT2D eigenvalue weighted by atomic mass is 35.5. The third-order valence-electron chi connectivity index (χ3n) is 2.67. The molecule has 0 bridgehead atoms. The summed E-state index contributed by atoms with van der Waals surface area (Å²) in [4.78, 5) is 12.2. The van der Waals surface area contributed by atoms with E-state index in [1.165, 1.54) is 24.3 Å². The molecular formula is C14H9Cl2FN2OS. The van der Waals surface area contributed by atoms with Crippen LogP contribution in [-0.4, -0.2) is 10.9 Å². The Morgan fingerprint density at radius 2 is 1.90 bits per heavy atom. The van der Waals surface area contributed by atoms with Gasteiger partial charge >= 0.3 is 0 Å². The van der Waals surface area contributed by atoms with E-state index in [1.807, 2.05) is 0 Å². The fourth-order valence-corrected chi connectivity index (χ4v) is 2.13. The van der Waals surface area contributed by atoms with E-state index in [2.05, 4.69) is 5.32 Å². The molecule has 108 valence electrons. The lowest BCUT2D eigenvalue weighted by Gasteiger charge is -2.09. The van der Waals surface area contributed by atoms with E-state index in [1.54, 1.807) is 6.07 Å². The second-order valence-electron chi connectivity index (χ2n) is 4.14. The number of hydrogen-bond acceptors (Lipinski definition) is 2. The maximum absolute atomic E-state index is 13.9. The van der Waals surface area contributed by atoms with Crippen LogP contribution in [0.1, 0.15) is 15.9 Å². The second-order valence-corrected chi connectivity index (χ2v) is 5.42. The highest BCUT2D eigenvalue weighted by molar-refractivity contribution is 7.80. The van der Waals surface area contributed by atoms with Crippen molar-refractivity contribution >= 4 is 52.0 Å². The van der Waals surface area contributed by atoms with Crippen molar-refractivity contribution in [3.63, 3.8) is 0 Å². The Labute approximate surface area is 135 Å². The first-order valence-corrected chi connectivity index (χ1v) is 6.90. The van der Waals surface area contributed by atoms with Crippen LogP contribution in [0.25, 0.3) is 0 Å². The summed E-state index contributed by atoms with van der Waals surface area (Å²) in [7, 11) is 0. The van der Waals surface area contributed by atoms with Crippen LogP contribution in [-0.2, 0) is 0 Å². The van der Waals surface area contributed by atoms with Crippen LogP contribution in [0.15, 0.2) is 36.4 Å². The van der Waals surface area contributed by atoms with E-state index in [0.29, 0.717) is 10.6 Å². The lowest BCUT2D eigenvalue weighted by Crippen LogP contribution is -2.15. The predicted molar refractivity (Wildman–Crippen MR) is 86.7 cm³/mol. The van der Waals surface area contributed by atoms with Crippen molar-refractivity contribution in [3.05, 3.63) is 63.4 Å². The van der Waals surface area contributed by atoms with Gasteiger partial charge in [0.2, 0.25) is 0 Å². The Hall–Kier alpha value is -1.69. The van der Waals surface area contributed by atoms with Gasteiger partial charge in [0.25, 0.3) is 5.91 Å². The SMILES string of the molecule is NC(=S)c1ccc(NC(=O)c2cc(Cl)ccc2Cl)c(F)c1. The van der Waals surface area contributed by atoms with Crippen molar-refractivity contribution < 1.29 is 9.18 Å². The zero-order valence-corrected chi connectivity index (χ0v) is 12.8. The van der Waals surface area contributed by atoms with Gasteiger partial charge in [-0.05, 0) is 36.4 Å². The standard InChI is InChI=1S/C14H9Cl2FN2OS/c15-8-2-3-10(16)9(6-8)14(20)19-12-4-1-7(13(18)21)5-11(12)17/h1-6H,(H2,18,21)(H,19,20). The van der Waals surface area contributed by atoms with Gasteiger partial charge < -0.3 is 11.1 Å². The number of anilines is 1. The van der Waals surface area contributed by atoms with Crippen LogP contribution < -0.4 is 11.1 Å². The summed E-state index contributed by atoms with van der Waals surface area (Å²) in [5.41, 5.74) is 5.93. The average molecular weight is 343 g/mol. The maximum atomic E-state index is 13.9. The Kier molecular flexibility index (Phi) is 4.77. The number of halogens is 3. The molecule has 0 aromatic heterocycles. The van der Waals surface area contributed by atoms with Crippen molar-refractivity contribution in [2.24, 2.45) is 5.73 Å². The molecule has 0 aliphatic heterocycles. The van der Waals surface area contributed by atoms with Crippen LogP contribution in [0.5, 0.6) is 0 Å². The first-order chi connectivity index (χ1) is 9.88. The normalized spacial score (nSPS) is 10.2. The molecule has 0 aliphatic rings. The number of amides is 1. The van der Waals surface area contributed by atoms with Crippen molar-refractivity contribution in [2.75, 3.05) is 5.32 Å². The third-order valence-corrected chi connectivity index (χ3v) is 3.48. The fourth-order valence-electron chi connectivity index (χ4n) is 1.63. The molecule has 2 aromatic rings. The number of carbonyl (C=O) groups is 1. The van der Waals surface area contributed by atoms with E-state index < -0.39 is 11.7 Å². The molecule has 0 heterocycles. The number of benzene rings is 2. The molecule has 1 amide bonds. The Morgan fingerprint density at radius 1 is 1.19 bits per heavy atom. The zero-order chi connectivity index (χ0) is 15.6. The predicted octanol–water partition coefficient (Wildman–Crippen LogP) is 4.02. The molecule has 2 aromatic carbocycles. The van der Waals surface area contributed by atoms with E-state index in [9.17, 15) is 9.18 Å². The molecule has 0 unspecified atom stereocenters. The fraction of sp³-hybridized carbons (Fsp3) is 0. The largest absolute Gasteiger partial charge is 0.389 e. The first-order valence-electron chi connectivity index (χ1n) is 5.74. The lowest BCUT2D eigenvalue weighted by molar-refractivity contribution is 0.102. The zero-order valence-electron chi connectivity index (χ0n) is 10.5. The highest BCUT2D eigenvalue weighted by Gasteiger charge is 2.14. The lowest BCUT2D eigenvalue weighted by atomic mass is 10.1. The first kappa shape index (κ1) is 15.7. The minimum Gasteiger partial charge on any atom is -0.389 e. The summed E-state index contributed by atoms with van der Waals surface area (Å²) in [6.45, 7) is 0. The smallest absolute Gasteiger partial charge is 0.257 e. The van der Waals surface area contributed by atoms with Gasteiger partial charge in [0.15, 0.2) is 0 Å². The molecule has 0 spiro atoms. The van der Waals surface area contributed by atoms with Crippen LogP contribution in [0.4, 0.5) is 10.1 Å². The molecule has 0 radical (unpaired) electrons. The molecule has 21 heavy (non-hydrogen) atoms. The summed E-state index contributed by atoms with van der Waals surface area (Å²) >= 11 is 16.5.